The summed E-state index contributed by atoms with van der Waals surface area (Å²) in [5.74, 6) is -0.0996. The molecule has 2 rings (SSSR count). The fraction of sp³-hybridized carbons (Fsp3) is 0.263. The summed E-state index contributed by atoms with van der Waals surface area (Å²) in [7, 11) is 0. The maximum absolute atomic E-state index is 12.2. The first-order chi connectivity index (χ1) is 12.9. The van der Waals surface area contributed by atoms with Gasteiger partial charge in [-0.3, -0.25) is 14.9 Å². The second kappa shape index (κ2) is 9.33. The van der Waals surface area contributed by atoms with E-state index in [0.29, 0.717) is 24.4 Å². The van der Waals surface area contributed by atoms with E-state index >= 15 is 0 Å². The van der Waals surface area contributed by atoms with E-state index in [1.165, 1.54) is 24.3 Å². The average Bonchev–Trinajstić information content (AvgIpc) is 2.68. The third kappa shape index (κ3) is 5.53. The van der Waals surface area contributed by atoms with Gasteiger partial charge in [0.2, 0.25) is 0 Å². The van der Waals surface area contributed by atoms with Gasteiger partial charge in [-0.1, -0.05) is 0 Å². The van der Waals surface area contributed by atoms with E-state index in [-0.39, 0.29) is 24.0 Å². The van der Waals surface area contributed by atoms with Crippen molar-refractivity contribution in [3.8, 4) is 11.5 Å². The van der Waals surface area contributed by atoms with Gasteiger partial charge in [0.05, 0.1) is 4.92 Å². The number of esters is 1. The first kappa shape index (κ1) is 19.9. The highest BCUT2D eigenvalue weighted by atomic mass is 16.6. The van der Waals surface area contributed by atoms with Gasteiger partial charge in [0.1, 0.15) is 11.5 Å². The van der Waals surface area contributed by atoms with Gasteiger partial charge < -0.3 is 14.4 Å². The van der Waals surface area contributed by atoms with E-state index in [2.05, 4.69) is 0 Å². The quantitative estimate of drug-likeness (QED) is 0.306. The molecule has 0 aliphatic carbocycles. The molecule has 8 nitrogen and oxygen atoms in total. The Bertz CT molecular complexity index is 798. The monoisotopic (exact) mass is 372 g/mol. The minimum Gasteiger partial charge on any atom is -0.482 e. The second-order valence-electron chi connectivity index (χ2n) is 5.52. The van der Waals surface area contributed by atoms with Crippen molar-refractivity contribution in [1.82, 2.24) is 4.90 Å². The Morgan fingerprint density at radius 1 is 0.963 bits per heavy atom. The molecule has 8 heteroatoms. The molecule has 2 aromatic rings. The Labute approximate surface area is 156 Å². The molecule has 0 aliphatic rings. The van der Waals surface area contributed by atoms with E-state index in [0.717, 1.165) is 0 Å². The molecule has 0 saturated heterocycles. The highest BCUT2D eigenvalue weighted by Crippen LogP contribution is 2.18. The van der Waals surface area contributed by atoms with Crippen molar-refractivity contribution in [2.45, 2.75) is 13.8 Å². The van der Waals surface area contributed by atoms with Crippen LogP contribution in [0.4, 0.5) is 5.69 Å². The third-order valence-electron chi connectivity index (χ3n) is 3.79. The number of nitro benzene ring substituents is 1. The minimum atomic E-state index is -0.646. The van der Waals surface area contributed by atoms with E-state index in [1.54, 1.807) is 29.2 Å². The Kier molecular flexibility index (Phi) is 6.87. The molecule has 1 amide bonds. The lowest BCUT2D eigenvalue weighted by Crippen LogP contribution is -2.30. The number of nitro groups is 1. The van der Waals surface area contributed by atoms with Crippen LogP contribution in [0.5, 0.6) is 11.5 Å². The Morgan fingerprint density at radius 2 is 1.52 bits per heavy atom. The molecular weight excluding hydrogens is 352 g/mol. The molecule has 0 radical (unpaired) electrons. The molecule has 0 spiro atoms. The van der Waals surface area contributed by atoms with Gasteiger partial charge in [-0.05, 0) is 50.2 Å². The first-order valence-corrected chi connectivity index (χ1v) is 8.41. The lowest BCUT2D eigenvalue weighted by Gasteiger charge is -2.18. The summed E-state index contributed by atoms with van der Waals surface area (Å²) >= 11 is 0. The summed E-state index contributed by atoms with van der Waals surface area (Å²) < 4.78 is 10.4. The zero-order valence-electron chi connectivity index (χ0n) is 15.1. The normalized spacial score (nSPS) is 10.1. The number of hydrogen-bond acceptors (Lipinski definition) is 6. The largest absolute Gasteiger partial charge is 0.482 e. The summed E-state index contributed by atoms with van der Waals surface area (Å²) in [6.45, 7) is 4.75. The molecule has 0 saturated carbocycles. The Hall–Kier alpha value is -3.42. The number of benzene rings is 2. The highest BCUT2D eigenvalue weighted by Gasteiger charge is 2.13. The van der Waals surface area contributed by atoms with Gasteiger partial charge in [-0.2, -0.15) is 0 Å². The number of non-ortho nitro benzene ring substituents is 1. The van der Waals surface area contributed by atoms with Gasteiger partial charge in [0, 0.05) is 30.8 Å². The van der Waals surface area contributed by atoms with Crippen LogP contribution < -0.4 is 9.47 Å². The number of ether oxygens (including phenoxy) is 2. The van der Waals surface area contributed by atoms with Gasteiger partial charge in [0.15, 0.2) is 6.61 Å². The number of rotatable bonds is 8. The van der Waals surface area contributed by atoms with E-state index in [9.17, 15) is 19.7 Å². The fourth-order valence-corrected chi connectivity index (χ4v) is 2.33. The van der Waals surface area contributed by atoms with Crippen molar-refractivity contribution in [3.63, 3.8) is 0 Å². The maximum Gasteiger partial charge on any atom is 0.349 e. The summed E-state index contributed by atoms with van der Waals surface area (Å²) in [4.78, 5) is 35.8. The molecule has 27 heavy (non-hydrogen) atoms. The fourth-order valence-electron chi connectivity index (χ4n) is 2.33. The van der Waals surface area contributed by atoms with Crippen molar-refractivity contribution in [3.05, 3.63) is 64.2 Å². The molecular formula is C19H20N2O6. The van der Waals surface area contributed by atoms with E-state index in [4.69, 9.17) is 9.47 Å². The summed E-state index contributed by atoms with van der Waals surface area (Å²) in [5, 5.41) is 10.6. The number of carbonyl (C=O) groups excluding carboxylic acids is 2. The van der Waals surface area contributed by atoms with Crippen LogP contribution in [0.1, 0.15) is 24.2 Å². The SMILES string of the molecule is CCN(CC)C(=O)c1ccc(OCC(=O)Oc2ccc([N+](=O)[O-])cc2)cc1. The van der Waals surface area contributed by atoms with Crippen LogP contribution >= 0.6 is 0 Å². The van der Waals surface area contributed by atoms with Crippen LogP contribution in [0.2, 0.25) is 0 Å². The molecule has 0 atom stereocenters. The van der Waals surface area contributed by atoms with Crippen molar-refractivity contribution in [2.75, 3.05) is 19.7 Å². The van der Waals surface area contributed by atoms with Crippen molar-refractivity contribution in [1.29, 1.82) is 0 Å². The topological polar surface area (TPSA) is 99.0 Å². The van der Waals surface area contributed by atoms with Crippen LogP contribution in [0.15, 0.2) is 48.5 Å². The predicted octanol–water partition coefficient (Wildman–Crippen LogP) is 3.06. The summed E-state index contributed by atoms with van der Waals surface area (Å²) in [6.07, 6.45) is 0. The Morgan fingerprint density at radius 3 is 2.04 bits per heavy atom. The number of hydrogen-bond donors (Lipinski definition) is 0. The molecule has 0 heterocycles. The van der Waals surface area contributed by atoms with Gasteiger partial charge in [-0.15, -0.1) is 0 Å². The van der Waals surface area contributed by atoms with Crippen LogP contribution in [-0.4, -0.2) is 41.4 Å². The number of carbonyl (C=O) groups is 2. The maximum atomic E-state index is 12.2. The van der Waals surface area contributed by atoms with Crippen molar-refractivity contribution in [2.24, 2.45) is 0 Å². The van der Waals surface area contributed by atoms with Crippen molar-refractivity contribution < 1.29 is 24.0 Å². The average molecular weight is 372 g/mol. The second-order valence-corrected chi connectivity index (χ2v) is 5.52. The van der Waals surface area contributed by atoms with Crippen LogP contribution in [0.3, 0.4) is 0 Å². The lowest BCUT2D eigenvalue weighted by molar-refractivity contribution is -0.384. The van der Waals surface area contributed by atoms with E-state index < -0.39 is 10.9 Å². The molecule has 2 aromatic carbocycles. The first-order valence-electron chi connectivity index (χ1n) is 8.41. The number of nitrogens with zero attached hydrogens (tertiary/aromatic N) is 2. The minimum absolute atomic E-state index is 0.0656. The van der Waals surface area contributed by atoms with Gasteiger partial charge >= 0.3 is 5.97 Å². The standard InChI is InChI=1S/C19H20N2O6/c1-3-20(4-2)19(23)14-5-9-16(10-6-14)26-13-18(22)27-17-11-7-15(8-12-17)21(24)25/h5-12H,3-4,13H2,1-2H3. The van der Waals surface area contributed by atoms with E-state index in [1.807, 2.05) is 13.8 Å². The predicted molar refractivity (Wildman–Crippen MR) is 97.9 cm³/mol. The summed E-state index contributed by atoms with van der Waals surface area (Å²) in [5.41, 5.74) is 0.449. The zero-order chi connectivity index (χ0) is 19.8. The molecule has 0 unspecified atom stereocenters. The third-order valence-corrected chi connectivity index (χ3v) is 3.79. The highest BCUT2D eigenvalue weighted by molar-refractivity contribution is 5.94. The molecule has 0 N–H and O–H groups in total. The molecule has 142 valence electrons. The molecule has 0 bridgehead atoms. The van der Waals surface area contributed by atoms with Gasteiger partial charge in [0.25, 0.3) is 11.6 Å². The lowest BCUT2D eigenvalue weighted by atomic mass is 10.2. The molecule has 0 aliphatic heterocycles. The van der Waals surface area contributed by atoms with Crippen LogP contribution in [0.25, 0.3) is 0 Å². The smallest absolute Gasteiger partial charge is 0.349 e. The van der Waals surface area contributed by atoms with Crippen molar-refractivity contribution >= 4 is 17.6 Å². The Balaban J connectivity index is 1.87. The molecule has 0 aromatic heterocycles. The van der Waals surface area contributed by atoms with Crippen LogP contribution in [-0.2, 0) is 4.79 Å². The number of amides is 1. The zero-order valence-corrected chi connectivity index (χ0v) is 15.1. The van der Waals surface area contributed by atoms with Gasteiger partial charge in [-0.25, -0.2) is 4.79 Å². The molecule has 0 fully saturated rings. The summed E-state index contributed by atoms with van der Waals surface area (Å²) in [6, 6.07) is 11.7. The van der Waals surface area contributed by atoms with Crippen LogP contribution in [0, 0.1) is 10.1 Å².